The molecule has 0 saturated carbocycles. The molecule has 0 aliphatic carbocycles. The summed E-state index contributed by atoms with van der Waals surface area (Å²) in [7, 11) is 0. The Morgan fingerprint density at radius 3 is 1.45 bits per heavy atom. The molecule has 0 spiro atoms. The molecule has 0 bridgehead atoms. The van der Waals surface area contributed by atoms with Crippen LogP contribution in [0, 0.1) is 5.41 Å². The fourth-order valence-corrected chi connectivity index (χ4v) is 1.73. The highest BCUT2D eigenvalue weighted by molar-refractivity contribution is 5.80. The molecule has 0 saturated heterocycles. The SMILES string of the molecule is CCC(C)(COC(C(F)(F)F)C(F)(F)F)C(=O)OCC(=O)OC(C(F)(F)F)C(F)(F)F. The number of hydrogen-bond donors (Lipinski definition) is 0. The van der Waals surface area contributed by atoms with Crippen LogP contribution in [-0.2, 0) is 23.8 Å². The third-order valence-corrected chi connectivity index (χ3v) is 3.60. The van der Waals surface area contributed by atoms with Gasteiger partial charge in [-0.1, -0.05) is 6.92 Å². The molecule has 0 aliphatic rings. The zero-order valence-corrected chi connectivity index (χ0v) is 15.4. The number of rotatable bonds is 8. The Hall–Kier alpha value is -1.94. The molecule has 0 N–H and O–H groups in total. The van der Waals surface area contributed by atoms with Crippen molar-refractivity contribution in [2.45, 2.75) is 57.2 Å². The van der Waals surface area contributed by atoms with Crippen molar-refractivity contribution >= 4 is 11.9 Å². The first-order valence-corrected chi connectivity index (χ1v) is 7.81. The Morgan fingerprint density at radius 2 is 1.13 bits per heavy atom. The van der Waals surface area contributed by atoms with Crippen LogP contribution in [0.15, 0.2) is 0 Å². The lowest BCUT2D eigenvalue weighted by molar-refractivity contribution is -0.325. The fourth-order valence-electron chi connectivity index (χ4n) is 1.73. The lowest BCUT2D eigenvalue weighted by atomic mass is 9.88. The van der Waals surface area contributed by atoms with Gasteiger partial charge in [0.05, 0.1) is 12.0 Å². The second kappa shape index (κ2) is 9.68. The van der Waals surface area contributed by atoms with Crippen molar-refractivity contribution in [1.29, 1.82) is 0 Å². The van der Waals surface area contributed by atoms with Crippen LogP contribution < -0.4 is 0 Å². The first-order valence-electron chi connectivity index (χ1n) is 7.81. The van der Waals surface area contributed by atoms with Crippen LogP contribution >= 0.6 is 0 Å². The van der Waals surface area contributed by atoms with Crippen LogP contribution in [0.2, 0.25) is 0 Å². The summed E-state index contributed by atoms with van der Waals surface area (Å²) in [5.74, 6) is -4.05. The van der Waals surface area contributed by atoms with Gasteiger partial charge in [0.2, 0.25) is 6.10 Å². The molecule has 5 nitrogen and oxygen atoms in total. The maximum Gasteiger partial charge on any atom is 0.434 e. The molecule has 0 aromatic carbocycles. The predicted octanol–water partition coefficient (Wildman–Crippen LogP) is 4.49. The van der Waals surface area contributed by atoms with Gasteiger partial charge in [-0.2, -0.15) is 52.7 Å². The normalized spacial score (nSPS) is 15.7. The molecule has 1 atom stereocenters. The molecule has 0 aromatic heterocycles. The molecule has 0 heterocycles. The first kappa shape index (κ1) is 29.1. The molecule has 1 unspecified atom stereocenters. The van der Waals surface area contributed by atoms with Gasteiger partial charge in [0, 0.05) is 0 Å². The minimum absolute atomic E-state index is 0.545. The van der Waals surface area contributed by atoms with Gasteiger partial charge in [-0.25, -0.2) is 4.79 Å². The van der Waals surface area contributed by atoms with Gasteiger partial charge in [0.25, 0.3) is 6.10 Å². The smallest absolute Gasteiger partial charge is 0.434 e. The van der Waals surface area contributed by atoms with E-state index in [2.05, 4.69) is 14.2 Å². The second-order valence-electron chi connectivity index (χ2n) is 6.22. The Kier molecular flexibility index (Phi) is 9.08. The Balaban J connectivity index is 5.16. The lowest BCUT2D eigenvalue weighted by Crippen LogP contribution is -2.47. The Bertz CT molecular complexity index is 593. The van der Waals surface area contributed by atoms with Gasteiger partial charge in [-0.15, -0.1) is 0 Å². The maximum atomic E-state index is 12.5. The lowest BCUT2D eigenvalue weighted by Gasteiger charge is -2.30. The molecular weight excluding hydrogens is 476 g/mol. The molecule has 0 radical (unpaired) electrons. The van der Waals surface area contributed by atoms with Gasteiger partial charge in [0.1, 0.15) is 0 Å². The van der Waals surface area contributed by atoms with Gasteiger partial charge in [-0.05, 0) is 13.3 Å². The van der Waals surface area contributed by atoms with E-state index in [9.17, 15) is 62.3 Å². The van der Waals surface area contributed by atoms with Crippen molar-refractivity contribution in [3.63, 3.8) is 0 Å². The molecule has 0 amide bonds. The molecular formula is C14H14F12O5. The number of halogens is 12. The first-order chi connectivity index (χ1) is 13.6. The average molecular weight is 490 g/mol. The Labute approximate surface area is 165 Å². The van der Waals surface area contributed by atoms with Crippen LogP contribution in [0.5, 0.6) is 0 Å². The second-order valence-corrected chi connectivity index (χ2v) is 6.22. The minimum Gasteiger partial charge on any atom is -0.453 e. The highest BCUT2D eigenvalue weighted by Gasteiger charge is 2.60. The quantitative estimate of drug-likeness (QED) is 0.371. The Morgan fingerprint density at radius 1 is 0.742 bits per heavy atom. The number of esters is 2. The van der Waals surface area contributed by atoms with E-state index in [4.69, 9.17) is 0 Å². The predicted molar refractivity (Wildman–Crippen MR) is 73.2 cm³/mol. The zero-order chi connectivity index (χ0) is 25.1. The van der Waals surface area contributed by atoms with Crippen molar-refractivity contribution < 1.29 is 76.5 Å². The van der Waals surface area contributed by atoms with E-state index in [0.29, 0.717) is 0 Å². The molecule has 0 rings (SSSR count). The summed E-state index contributed by atoms with van der Waals surface area (Å²) in [5, 5.41) is 0. The number of carbonyl (C=O) groups is 2. The van der Waals surface area contributed by atoms with Crippen LogP contribution in [0.3, 0.4) is 0 Å². The van der Waals surface area contributed by atoms with Crippen molar-refractivity contribution in [3.05, 3.63) is 0 Å². The third kappa shape index (κ3) is 8.98. The third-order valence-electron chi connectivity index (χ3n) is 3.60. The minimum atomic E-state index is -6.06. The summed E-state index contributed by atoms with van der Waals surface area (Å²) in [6.07, 6.45) is -33.3. The van der Waals surface area contributed by atoms with Crippen LogP contribution in [-0.4, -0.2) is 62.1 Å². The highest BCUT2D eigenvalue weighted by atomic mass is 19.4. The molecule has 0 fully saturated rings. The molecule has 0 aromatic rings. The summed E-state index contributed by atoms with van der Waals surface area (Å²) >= 11 is 0. The largest absolute Gasteiger partial charge is 0.453 e. The van der Waals surface area contributed by atoms with Gasteiger partial charge >= 0.3 is 36.6 Å². The summed E-state index contributed by atoms with van der Waals surface area (Å²) < 4.78 is 159. The van der Waals surface area contributed by atoms with E-state index in [1.165, 1.54) is 0 Å². The van der Waals surface area contributed by atoms with E-state index in [-0.39, 0.29) is 0 Å². The molecule has 0 aliphatic heterocycles. The van der Waals surface area contributed by atoms with Crippen molar-refractivity contribution in [2.75, 3.05) is 13.2 Å². The maximum absolute atomic E-state index is 12.5. The fraction of sp³-hybridized carbons (Fsp3) is 0.857. The van der Waals surface area contributed by atoms with Crippen LogP contribution in [0.25, 0.3) is 0 Å². The van der Waals surface area contributed by atoms with Crippen molar-refractivity contribution in [1.82, 2.24) is 0 Å². The highest BCUT2D eigenvalue weighted by Crippen LogP contribution is 2.38. The van der Waals surface area contributed by atoms with Gasteiger partial charge in [0.15, 0.2) is 6.61 Å². The molecule has 17 heteroatoms. The van der Waals surface area contributed by atoms with Crippen molar-refractivity contribution in [2.24, 2.45) is 5.41 Å². The number of ether oxygens (including phenoxy) is 3. The van der Waals surface area contributed by atoms with E-state index < -0.39 is 73.9 Å². The van der Waals surface area contributed by atoms with E-state index in [1.807, 2.05) is 0 Å². The monoisotopic (exact) mass is 490 g/mol. The van der Waals surface area contributed by atoms with Gasteiger partial charge < -0.3 is 14.2 Å². The summed E-state index contributed by atoms with van der Waals surface area (Å²) in [4.78, 5) is 23.0. The van der Waals surface area contributed by atoms with E-state index in [1.54, 1.807) is 0 Å². The summed E-state index contributed by atoms with van der Waals surface area (Å²) in [6.45, 7) is -1.59. The molecule has 184 valence electrons. The summed E-state index contributed by atoms with van der Waals surface area (Å²) in [6, 6.07) is 0. The zero-order valence-electron chi connectivity index (χ0n) is 15.4. The van der Waals surface area contributed by atoms with Crippen LogP contribution in [0.4, 0.5) is 52.7 Å². The average Bonchev–Trinajstić information content (AvgIpc) is 2.52. The van der Waals surface area contributed by atoms with E-state index in [0.717, 1.165) is 13.8 Å². The summed E-state index contributed by atoms with van der Waals surface area (Å²) in [5.41, 5.74) is -2.28. The van der Waals surface area contributed by atoms with Crippen molar-refractivity contribution in [3.8, 4) is 0 Å². The topological polar surface area (TPSA) is 61.8 Å². The standard InChI is InChI=1S/C14H14F12O5/c1-3-10(2,5-30-7(11(15,16)17)12(18,19)20)9(28)29-4-6(27)31-8(13(21,22)23)14(24,25)26/h7-8H,3-5H2,1-2H3. The van der Waals surface area contributed by atoms with Crippen LogP contribution in [0.1, 0.15) is 20.3 Å². The number of alkyl halides is 12. The van der Waals surface area contributed by atoms with Gasteiger partial charge in [-0.3, -0.25) is 4.79 Å². The number of hydrogen-bond acceptors (Lipinski definition) is 5. The number of carbonyl (C=O) groups excluding carboxylic acids is 2. The van der Waals surface area contributed by atoms with E-state index >= 15 is 0 Å². The molecule has 31 heavy (non-hydrogen) atoms.